The van der Waals surface area contributed by atoms with Crippen LogP contribution in [0.4, 0.5) is 0 Å². The number of aromatic nitrogens is 1. The SMILES string of the molecule is CC(C)CC(CN)c1nc2ccc(Cl)cc2o1. The molecule has 92 valence electrons. The van der Waals surface area contributed by atoms with Crippen LogP contribution in [-0.2, 0) is 0 Å². The lowest BCUT2D eigenvalue weighted by atomic mass is 9.97. The molecule has 4 heteroatoms. The van der Waals surface area contributed by atoms with Gasteiger partial charge in [-0.25, -0.2) is 4.98 Å². The zero-order chi connectivity index (χ0) is 12.4. The predicted octanol–water partition coefficient (Wildman–Crippen LogP) is 3.57. The summed E-state index contributed by atoms with van der Waals surface area (Å²) < 4.78 is 5.73. The molecule has 0 saturated carbocycles. The number of oxazole rings is 1. The van der Waals surface area contributed by atoms with Gasteiger partial charge in [0.05, 0.1) is 0 Å². The first-order chi connectivity index (χ1) is 8.10. The van der Waals surface area contributed by atoms with E-state index in [1.807, 2.05) is 12.1 Å². The van der Waals surface area contributed by atoms with Gasteiger partial charge in [-0.05, 0) is 24.5 Å². The van der Waals surface area contributed by atoms with Crippen LogP contribution in [0.15, 0.2) is 22.6 Å². The number of benzene rings is 1. The lowest BCUT2D eigenvalue weighted by molar-refractivity contribution is 0.414. The Morgan fingerprint density at radius 2 is 2.18 bits per heavy atom. The van der Waals surface area contributed by atoms with Crippen molar-refractivity contribution < 1.29 is 4.42 Å². The van der Waals surface area contributed by atoms with Crippen molar-refractivity contribution in [3.63, 3.8) is 0 Å². The second-order valence-electron chi connectivity index (χ2n) is 4.73. The van der Waals surface area contributed by atoms with Crippen molar-refractivity contribution in [2.24, 2.45) is 11.7 Å². The second kappa shape index (κ2) is 5.07. The highest BCUT2D eigenvalue weighted by Crippen LogP contribution is 2.27. The highest BCUT2D eigenvalue weighted by atomic mass is 35.5. The standard InChI is InChI=1S/C13H17ClN2O/c1-8(2)5-9(7-15)13-16-11-4-3-10(14)6-12(11)17-13/h3-4,6,8-9H,5,7,15H2,1-2H3. The van der Waals surface area contributed by atoms with Gasteiger partial charge >= 0.3 is 0 Å². The quantitative estimate of drug-likeness (QED) is 0.905. The van der Waals surface area contributed by atoms with E-state index in [1.54, 1.807) is 6.07 Å². The maximum atomic E-state index is 5.91. The summed E-state index contributed by atoms with van der Waals surface area (Å²) >= 11 is 5.91. The summed E-state index contributed by atoms with van der Waals surface area (Å²) in [5.41, 5.74) is 7.35. The molecule has 1 heterocycles. The van der Waals surface area contributed by atoms with Gasteiger partial charge in [0, 0.05) is 23.6 Å². The monoisotopic (exact) mass is 252 g/mol. The summed E-state index contributed by atoms with van der Waals surface area (Å²) in [6.45, 7) is 4.89. The zero-order valence-corrected chi connectivity index (χ0v) is 10.9. The van der Waals surface area contributed by atoms with Crippen LogP contribution in [0.3, 0.4) is 0 Å². The topological polar surface area (TPSA) is 52.0 Å². The van der Waals surface area contributed by atoms with Crippen molar-refractivity contribution in [2.75, 3.05) is 6.54 Å². The molecule has 1 atom stereocenters. The normalized spacial score (nSPS) is 13.5. The van der Waals surface area contributed by atoms with Crippen molar-refractivity contribution in [1.82, 2.24) is 4.98 Å². The third kappa shape index (κ3) is 2.79. The molecule has 0 spiro atoms. The number of halogens is 1. The van der Waals surface area contributed by atoms with E-state index in [4.69, 9.17) is 21.8 Å². The third-order valence-electron chi connectivity index (χ3n) is 2.76. The molecule has 1 aromatic heterocycles. The Morgan fingerprint density at radius 3 is 2.82 bits per heavy atom. The lowest BCUT2D eigenvalue weighted by Crippen LogP contribution is -2.14. The van der Waals surface area contributed by atoms with Gasteiger partial charge in [0.1, 0.15) is 5.52 Å². The molecule has 0 aliphatic heterocycles. The van der Waals surface area contributed by atoms with Crippen LogP contribution in [0.5, 0.6) is 0 Å². The Labute approximate surface area is 106 Å². The van der Waals surface area contributed by atoms with Crippen molar-refractivity contribution in [3.8, 4) is 0 Å². The van der Waals surface area contributed by atoms with E-state index in [2.05, 4.69) is 18.8 Å². The van der Waals surface area contributed by atoms with E-state index in [0.717, 1.165) is 23.4 Å². The molecule has 0 aliphatic rings. The Morgan fingerprint density at radius 1 is 1.41 bits per heavy atom. The van der Waals surface area contributed by atoms with Crippen molar-refractivity contribution in [1.29, 1.82) is 0 Å². The summed E-state index contributed by atoms with van der Waals surface area (Å²) in [7, 11) is 0. The number of fused-ring (bicyclic) bond motifs is 1. The summed E-state index contributed by atoms with van der Waals surface area (Å²) in [4.78, 5) is 4.47. The van der Waals surface area contributed by atoms with Crippen molar-refractivity contribution in [3.05, 3.63) is 29.1 Å². The van der Waals surface area contributed by atoms with E-state index in [9.17, 15) is 0 Å². The van der Waals surface area contributed by atoms with Gasteiger partial charge in [-0.3, -0.25) is 0 Å². The number of hydrogen-bond donors (Lipinski definition) is 1. The largest absolute Gasteiger partial charge is 0.440 e. The molecule has 2 N–H and O–H groups in total. The zero-order valence-electron chi connectivity index (χ0n) is 10.1. The minimum atomic E-state index is 0.182. The lowest BCUT2D eigenvalue weighted by Gasteiger charge is -2.12. The van der Waals surface area contributed by atoms with Crippen molar-refractivity contribution in [2.45, 2.75) is 26.2 Å². The Balaban J connectivity index is 2.34. The Hall–Kier alpha value is -1.06. The minimum absolute atomic E-state index is 0.182. The number of rotatable bonds is 4. The molecule has 0 bridgehead atoms. The Bertz CT molecular complexity index is 507. The maximum absolute atomic E-state index is 5.91. The summed E-state index contributed by atoms with van der Waals surface area (Å²) in [5, 5.41) is 0.661. The summed E-state index contributed by atoms with van der Waals surface area (Å²) in [6.07, 6.45) is 0.983. The van der Waals surface area contributed by atoms with E-state index in [-0.39, 0.29) is 5.92 Å². The molecule has 2 aromatic rings. The number of nitrogens with two attached hydrogens (primary N) is 1. The molecular formula is C13H17ClN2O. The molecule has 17 heavy (non-hydrogen) atoms. The fourth-order valence-corrected chi connectivity index (χ4v) is 2.12. The highest BCUT2D eigenvalue weighted by molar-refractivity contribution is 6.31. The second-order valence-corrected chi connectivity index (χ2v) is 5.16. The molecule has 0 radical (unpaired) electrons. The van der Waals surface area contributed by atoms with Crippen molar-refractivity contribution >= 4 is 22.7 Å². The Kier molecular flexibility index (Phi) is 3.69. The van der Waals surface area contributed by atoms with Crippen LogP contribution in [0.1, 0.15) is 32.1 Å². The van der Waals surface area contributed by atoms with Gasteiger partial charge in [0.25, 0.3) is 0 Å². The smallest absolute Gasteiger partial charge is 0.199 e. The molecule has 0 amide bonds. The third-order valence-corrected chi connectivity index (χ3v) is 2.99. The fourth-order valence-electron chi connectivity index (χ4n) is 1.96. The predicted molar refractivity (Wildman–Crippen MR) is 70.3 cm³/mol. The molecule has 3 nitrogen and oxygen atoms in total. The van der Waals surface area contributed by atoms with Gasteiger partial charge in [-0.15, -0.1) is 0 Å². The van der Waals surface area contributed by atoms with Crippen LogP contribution < -0.4 is 5.73 Å². The first-order valence-corrected chi connectivity index (χ1v) is 6.24. The molecule has 0 aliphatic carbocycles. The summed E-state index contributed by atoms with van der Waals surface area (Å²) in [6, 6.07) is 5.47. The molecule has 2 rings (SSSR count). The number of hydrogen-bond acceptors (Lipinski definition) is 3. The molecule has 1 unspecified atom stereocenters. The first-order valence-electron chi connectivity index (χ1n) is 5.86. The molecule has 0 fully saturated rings. The minimum Gasteiger partial charge on any atom is -0.440 e. The van der Waals surface area contributed by atoms with Crippen LogP contribution in [0.2, 0.25) is 5.02 Å². The molecule has 0 saturated heterocycles. The first kappa shape index (κ1) is 12.4. The van der Waals surface area contributed by atoms with E-state index < -0.39 is 0 Å². The van der Waals surface area contributed by atoms with E-state index >= 15 is 0 Å². The average Bonchev–Trinajstić information content (AvgIpc) is 2.68. The van der Waals surface area contributed by atoms with Gasteiger partial charge in [0.15, 0.2) is 11.5 Å². The van der Waals surface area contributed by atoms with Gasteiger partial charge in [0.2, 0.25) is 0 Å². The average molecular weight is 253 g/mol. The highest BCUT2D eigenvalue weighted by Gasteiger charge is 2.18. The molecular weight excluding hydrogens is 236 g/mol. The van der Waals surface area contributed by atoms with Crippen LogP contribution in [0, 0.1) is 5.92 Å². The van der Waals surface area contributed by atoms with Crippen LogP contribution >= 0.6 is 11.6 Å². The summed E-state index contributed by atoms with van der Waals surface area (Å²) in [5.74, 6) is 1.47. The number of nitrogens with zero attached hydrogens (tertiary/aromatic N) is 1. The fraction of sp³-hybridized carbons (Fsp3) is 0.462. The van der Waals surface area contributed by atoms with E-state index in [0.29, 0.717) is 17.5 Å². The molecule has 1 aromatic carbocycles. The van der Waals surface area contributed by atoms with Gasteiger partial charge in [-0.2, -0.15) is 0 Å². The van der Waals surface area contributed by atoms with Crippen LogP contribution in [0.25, 0.3) is 11.1 Å². The van der Waals surface area contributed by atoms with Gasteiger partial charge in [-0.1, -0.05) is 25.4 Å². The maximum Gasteiger partial charge on any atom is 0.199 e. The van der Waals surface area contributed by atoms with Gasteiger partial charge < -0.3 is 10.2 Å². The van der Waals surface area contributed by atoms with Crippen LogP contribution in [-0.4, -0.2) is 11.5 Å². The van der Waals surface area contributed by atoms with E-state index in [1.165, 1.54) is 0 Å².